The molecule has 0 aliphatic carbocycles. The molecule has 1 saturated heterocycles. The van der Waals surface area contributed by atoms with E-state index in [0.29, 0.717) is 30.1 Å². The van der Waals surface area contributed by atoms with Crippen LogP contribution in [-0.4, -0.2) is 68.6 Å². The predicted octanol–water partition coefficient (Wildman–Crippen LogP) is 6.85. The molecule has 7 rings (SSSR count). The summed E-state index contributed by atoms with van der Waals surface area (Å²) in [4.78, 5) is 28.7. The number of nitrogens with zero attached hydrogens (tertiary/aromatic N) is 2. The number of hydrogen-bond acceptors (Lipinski definition) is 9. The summed E-state index contributed by atoms with van der Waals surface area (Å²) in [6.07, 6.45) is 0.612. The Labute approximate surface area is 278 Å². The van der Waals surface area contributed by atoms with Crippen molar-refractivity contribution in [3.8, 4) is 11.5 Å². The Morgan fingerprint density at radius 1 is 0.717 bits per heavy atom. The minimum Gasteiger partial charge on any atom is -0.490 e. The normalized spacial score (nSPS) is 17.2. The van der Waals surface area contributed by atoms with Gasteiger partial charge in [0.2, 0.25) is 11.6 Å². The number of anilines is 2. The predicted molar refractivity (Wildman–Crippen MR) is 188 cm³/mol. The van der Waals surface area contributed by atoms with Crippen molar-refractivity contribution in [3.63, 3.8) is 0 Å². The number of carbonyl (C=O) groups excluding carboxylic acids is 2. The number of Topliss-reactive ketones (excluding diaryl/α,β-unsaturated/α-hetero) is 2. The molecule has 1 fully saturated rings. The highest BCUT2D eigenvalue weighted by molar-refractivity contribution is 8.18. The number of ketones is 2. The SMILES string of the molecule is CN1CCOc2cc(C(=O)C(=O)c3ccccc3)ccc21.CN1CCOc2cc(C(O)C3(c4ccccc4)SCCCS3)ccc21. The quantitative estimate of drug-likeness (QED) is 0.177. The lowest BCUT2D eigenvalue weighted by Crippen LogP contribution is -2.31. The van der Waals surface area contributed by atoms with Gasteiger partial charge >= 0.3 is 0 Å². The van der Waals surface area contributed by atoms with Crippen LogP contribution in [-0.2, 0) is 4.08 Å². The van der Waals surface area contributed by atoms with E-state index in [0.717, 1.165) is 47.3 Å². The van der Waals surface area contributed by atoms with Crippen LogP contribution in [0.15, 0.2) is 97.1 Å². The lowest BCUT2D eigenvalue weighted by molar-refractivity contribution is 0.0816. The van der Waals surface area contributed by atoms with E-state index >= 15 is 0 Å². The van der Waals surface area contributed by atoms with Crippen molar-refractivity contribution in [1.29, 1.82) is 0 Å². The van der Waals surface area contributed by atoms with E-state index in [-0.39, 0.29) is 4.08 Å². The van der Waals surface area contributed by atoms with Gasteiger partial charge in [-0.1, -0.05) is 66.7 Å². The van der Waals surface area contributed by atoms with Gasteiger partial charge in [0.15, 0.2) is 0 Å². The fraction of sp³-hybridized carbons (Fsp3) is 0.297. The molecule has 1 atom stereocenters. The molecule has 1 N–H and O–H groups in total. The smallest absolute Gasteiger partial charge is 0.233 e. The molecule has 0 saturated carbocycles. The van der Waals surface area contributed by atoms with Gasteiger partial charge in [-0.25, -0.2) is 0 Å². The summed E-state index contributed by atoms with van der Waals surface area (Å²) in [5, 5.41) is 11.4. The fourth-order valence-corrected chi connectivity index (χ4v) is 9.21. The van der Waals surface area contributed by atoms with Crippen LogP contribution in [0, 0.1) is 0 Å². The van der Waals surface area contributed by atoms with Crippen molar-refractivity contribution in [2.75, 3.05) is 61.7 Å². The largest absolute Gasteiger partial charge is 0.490 e. The molecule has 0 aromatic heterocycles. The van der Waals surface area contributed by atoms with Crippen molar-refractivity contribution in [2.24, 2.45) is 0 Å². The number of rotatable bonds is 6. The zero-order chi connectivity index (χ0) is 32.1. The van der Waals surface area contributed by atoms with Crippen LogP contribution in [0.3, 0.4) is 0 Å². The highest BCUT2D eigenvalue weighted by atomic mass is 32.2. The van der Waals surface area contributed by atoms with E-state index in [1.807, 2.05) is 54.8 Å². The maximum absolute atomic E-state index is 12.3. The summed E-state index contributed by atoms with van der Waals surface area (Å²) < 4.78 is 11.1. The topological polar surface area (TPSA) is 79.3 Å². The molecule has 46 heavy (non-hydrogen) atoms. The molecule has 7 nitrogen and oxygen atoms in total. The molecule has 0 amide bonds. The zero-order valence-corrected chi connectivity index (χ0v) is 27.7. The summed E-state index contributed by atoms with van der Waals surface area (Å²) in [5.41, 5.74) is 4.91. The molecule has 1 unspecified atom stereocenters. The number of likely N-dealkylation sites (N-methyl/N-ethyl adjacent to an activating group) is 2. The minimum absolute atomic E-state index is 0.353. The third kappa shape index (κ3) is 6.63. The molecule has 0 bridgehead atoms. The molecule has 9 heteroatoms. The Morgan fingerprint density at radius 3 is 1.89 bits per heavy atom. The fourth-order valence-electron chi connectivity index (χ4n) is 5.82. The third-order valence-corrected chi connectivity index (χ3v) is 11.9. The van der Waals surface area contributed by atoms with E-state index in [2.05, 4.69) is 53.2 Å². The number of aliphatic hydroxyl groups is 1. The van der Waals surface area contributed by atoms with Gasteiger partial charge in [-0.15, -0.1) is 23.5 Å². The first kappa shape index (κ1) is 32.0. The van der Waals surface area contributed by atoms with Crippen LogP contribution in [0.25, 0.3) is 0 Å². The van der Waals surface area contributed by atoms with Crippen molar-refractivity contribution in [2.45, 2.75) is 16.6 Å². The number of aliphatic hydroxyl groups excluding tert-OH is 1. The van der Waals surface area contributed by atoms with Crippen molar-refractivity contribution in [3.05, 3.63) is 119 Å². The molecular formula is C37H38N2O5S2. The molecule has 3 aliphatic heterocycles. The van der Waals surface area contributed by atoms with Crippen LogP contribution in [0.2, 0.25) is 0 Å². The Hall–Kier alpha value is -3.92. The first-order valence-electron chi connectivity index (χ1n) is 15.5. The number of thioether (sulfide) groups is 2. The third-order valence-electron chi connectivity index (χ3n) is 8.41. The lowest BCUT2D eigenvalue weighted by atomic mass is 9.99. The second kappa shape index (κ2) is 14.2. The van der Waals surface area contributed by atoms with Gasteiger partial charge in [-0.2, -0.15) is 0 Å². The van der Waals surface area contributed by atoms with Gasteiger partial charge in [0.1, 0.15) is 34.9 Å². The summed E-state index contributed by atoms with van der Waals surface area (Å²) in [5.74, 6) is 2.65. The average molecular weight is 655 g/mol. The Kier molecular flexibility index (Phi) is 9.92. The van der Waals surface area contributed by atoms with Crippen LogP contribution in [0.5, 0.6) is 11.5 Å². The number of ether oxygens (including phenoxy) is 2. The maximum Gasteiger partial charge on any atom is 0.233 e. The van der Waals surface area contributed by atoms with E-state index in [1.165, 1.54) is 12.0 Å². The van der Waals surface area contributed by atoms with Gasteiger partial charge in [0.05, 0.1) is 24.5 Å². The highest BCUT2D eigenvalue weighted by Gasteiger charge is 2.43. The number of benzene rings is 4. The number of hydrogen-bond donors (Lipinski definition) is 1. The molecule has 238 valence electrons. The van der Waals surface area contributed by atoms with Crippen molar-refractivity contribution < 1.29 is 24.2 Å². The highest BCUT2D eigenvalue weighted by Crippen LogP contribution is 2.57. The Morgan fingerprint density at radius 2 is 1.26 bits per heavy atom. The zero-order valence-electron chi connectivity index (χ0n) is 26.1. The van der Waals surface area contributed by atoms with Crippen LogP contribution >= 0.6 is 23.5 Å². The molecule has 3 heterocycles. The van der Waals surface area contributed by atoms with Gasteiger partial charge < -0.3 is 24.4 Å². The summed E-state index contributed by atoms with van der Waals surface area (Å²) in [6, 6.07) is 30.3. The minimum atomic E-state index is -0.577. The molecule has 0 radical (unpaired) electrons. The lowest BCUT2D eigenvalue weighted by Gasteiger charge is -2.41. The van der Waals surface area contributed by atoms with E-state index in [4.69, 9.17) is 9.47 Å². The standard InChI is InChI=1S/C20H23NO2S2.C17H15NO3/c1-21-10-11-23-18-14-15(8-9-17(18)21)19(22)20(24-12-5-13-25-20)16-6-3-2-4-7-16;1-18-9-10-21-15-11-13(7-8-14(15)18)17(20)16(19)12-5-3-2-4-6-12/h2-4,6-9,14,19,22H,5,10-13H2,1H3;2-8,11H,9-10H2,1H3. The Balaban J connectivity index is 0.000000164. The van der Waals surface area contributed by atoms with E-state index in [9.17, 15) is 14.7 Å². The molecular weight excluding hydrogens is 617 g/mol. The van der Waals surface area contributed by atoms with Crippen molar-refractivity contribution >= 4 is 46.5 Å². The number of fused-ring (bicyclic) bond motifs is 2. The van der Waals surface area contributed by atoms with Crippen LogP contribution in [0.4, 0.5) is 11.4 Å². The Bertz CT molecular complexity index is 1680. The average Bonchev–Trinajstić information content (AvgIpc) is 3.12. The molecule has 0 spiro atoms. The van der Waals surface area contributed by atoms with Crippen LogP contribution in [0.1, 0.15) is 44.4 Å². The summed E-state index contributed by atoms with van der Waals surface area (Å²) in [6.45, 7) is 2.97. The van der Waals surface area contributed by atoms with Gasteiger partial charge in [-0.3, -0.25) is 9.59 Å². The number of carbonyl (C=O) groups is 2. The maximum atomic E-state index is 12.3. The van der Waals surface area contributed by atoms with Gasteiger partial charge in [0, 0.05) is 25.2 Å². The van der Waals surface area contributed by atoms with Crippen LogP contribution < -0.4 is 19.3 Å². The molecule has 4 aromatic rings. The molecule has 3 aliphatic rings. The van der Waals surface area contributed by atoms with Crippen molar-refractivity contribution in [1.82, 2.24) is 0 Å². The van der Waals surface area contributed by atoms with E-state index < -0.39 is 17.7 Å². The first-order valence-corrected chi connectivity index (χ1v) is 17.5. The van der Waals surface area contributed by atoms with Gasteiger partial charge in [-0.05, 0) is 59.4 Å². The molecule has 4 aromatic carbocycles. The first-order chi connectivity index (χ1) is 22.4. The second-order valence-electron chi connectivity index (χ2n) is 11.5. The summed E-state index contributed by atoms with van der Waals surface area (Å²) >= 11 is 3.73. The van der Waals surface area contributed by atoms with Gasteiger partial charge in [0.25, 0.3) is 0 Å². The summed E-state index contributed by atoms with van der Waals surface area (Å²) in [7, 11) is 4.05. The van der Waals surface area contributed by atoms with E-state index in [1.54, 1.807) is 36.4 Å². The second-order valence-corrected chi connectivity index (χ2v) is 14.4. The monoisotopic (exact) mass is 654 g/mol.